The van der Waals surface area contributed by atoms with Gasteiger partial charge in [-0.05, 0) is 37.5 Å². The fraction of sp³-hybridized carbons (Fsp3) is 0.533. The van der Waals surface area contributed by atoms with Crippen LogP contribution in [0.3, 0.4) is 0 Å². The lowest BCUT2D eigenvalue weighted by molar-refractivity contribution is 0.0951. The lowest BCUT2D eigenvalue weighted by atomic mass is 10.2. The van der Waals surface area contributed by atoms with Crippen molar-refractivity contribution >= 4 is 15.9 Å². The van der Waals surface area contributed by atoms with E-state index >= 15 is 0 Å². The van der Waals surface area contributed by atoms with Crippen LogP contribution in [0.15, 0.2) is 29.2 Å². The molecule has 0 heterocycles. The molecule has 0 aliphatic heterocycles. The molecule has 0 saturated heterocycles. The number of nitrogens with one attached hydrogen (secondary N) is 2. The highest BCUT2D eigenvalue weighted by Gasteiger charge is 2.23. The predicted molar refractivity (Wildman–Crippen MR) is 83.1 cm³/mol. The lowest BCUT2D eigenvalue weighted by Crippen LogP contribution is -2.33. The van der Waals surface area contributed by atoms with Crippen molar-refractivity contribution in [3.8, 4) is 0 Å². The number of rotatable bonds is 7. The van der Waals surface area contributed by atoms with Crippen LogP contribution in [-0.2, 0) is 10.0 Å². The molecule has 7 heteroatoms. The van der Waals surface area contributed by atoms with Crippen LogP contribution < -0.4 is 10.0 Å². The Hall–Kier alpha value is -1.44. The van der Waals surface area contributed by atoms with Crippen molar-refractivity contribution in [1.82, 2.24) is 10.0 Å². The first-order chi connectivity index (χ1) is 10.5. The molecule has 0 spiro atoms. The Labute approximate surface area is 131 Å². The Kier molecular flexibility index (Phi) is 5.93. The van der Waals surface area contributed by atoms with Crippen molar-refractivity contribution < 1.29 is 18.3 Å². The first-order valence-corrected chi connectivity index (χ1v) is 9.03. The molecule has 3 N–H and O–H groups in total. The van der Waals surface area contributed by atoms with Crippen molar-refractivity contribution in [2.45, 2.75) is 43.0 Å². The summed E-state index contributed by atoms with van der Waals surface area (Å²) in [6.45, 7) is 0.354. The lowest BCUT2D eigenvalue weighted by Gasteiger charge is -2.13. The van der Waals surface area contributed by atoms with E-state index in [0.717, 1.165) is 25.7 Å². The molecule has 122 valence electrons. The molecular formula is C15H22N2O4S. The smallest absolute Gasteiger partial charge is 0.251 e. The predicted octanol–water partition coefficient (Wildman–Crippen LogP) is 1.02. The minimum absolute atomic E-state index is 0.00000731. The molecule has 1 aliphatic rings. The van der Waals surface area contributed by atoms with Gasteiger partial charge in [0.25, 0.3) is 5.91 Å². The van der Waals surface area contributed by atoms with Crippen molar-refractivity contribution in [3.63, 3.8) is 0 Å². The second kappa shape index (κ2) is 7.71. The minimum atomic E-state index is -3.59. The van der Waals surface area contributed by atoms with Crippen LogP contribution in [0.2, 0.25) is 0 Å². The zero-order valence-corrected chi connectivity index (χ0v) is 13.2. The molecule has 1 fully saturated rings. The first-order valence-electron chi connectivity index (χ1n) is 7.54. The van der Waals surface area contributed by atoms with Crippen molar-refractivity contribution in [2.24, 2.45) is 0 Å². The number of aliphatic hydroxyl groups is 1. The van der Waals surface area contributed by atoms with E-state index in [9.17, 15) is 13.2 Å². The van der Waals surface area contributed by atoms with Gasteiger partial charge in [0.15, 0.2) is 0 Å². The molecule has 0 atom stereocenters. The zero-order valence-electron chi connectivity index (χ0n) is 12.4. The minimum Gasteiger partial charge on any atom is -0.396 e. The zero-order chi connectivity index (χ0) is 16.0. The van der Waals surface area contributed by atoms with Crippen LogP contribution in [-0.4, -0.2) is 38.6 Å². The highest BCUT2D eigenvalue weighted by molar-refractivity contribution is 7.89. The maximum atomic E-state index is 12.3. The molecule has 0 unspecified atom stereocenters. The van der Waals surface area contributed by atoms with Gasteiger partial charge in [0.2, 0.25) is 10.0 Å². The van der Waals surface area contributed by atoms with Gasteiger partial charge in [-0.15, -0.1) is 0 Å². The van der Waals surface area contributed by atoms with E-state index in [1.165, 1.54) is 12.1 Å². The number of aliphatic hydroxyl groups excluding tert-OH is 1. The third kappa shape index (κ3) is 4.53. The summed E-state index contributed by atoms with van der Waals surface area (Å²) in [5, 5.41) is 11.3. The van der Waals surface area contributed by atoms with Crippen LogP contribution in [0, 0.1) is 0 Å². The summed E-state index contributed by atoms with van der Waals surface area (Å²) < 4.78 is 27.4. The van der Waals surface area contributed by atoms with Gasteiger partial charge < -0.3 is 10.4 Å². The number of hydrogen-bond acceptors (Lipinski definition) is 4. The Morgan fingerprint density at radius 3 is 2.68 bits per heavy atom. The second-order valence-electron chi connectivity index (χ2n) is 5.46. The number of amides is 1. The van der Waals surface area contributed by atoms with Gasteiger partial charge in [-0.2, -0.15) is 0 Å². The molecule has 2 rings (SSSR count). The molecule has 1 saturated carbocycles. The Balaban J connectivity index is 2.07. The van der Waals surface area contributed by atoms with E-state index in [-0.39, 0.29) is 23.5 Å². The molecule has 0 bridgehead atoms. The number of hydrogen-bond donors (Lipinski definition) is 3. The van der Waals surface area contributed by atoms with Crippen molar-refractivity contribution in [1.29, 1.82) is 0 Å². The fourth-order valence-electron chi connectivity index (χ4n) is 2.52. The highest BCUT2D eigenvalue weighted by atomic mass is 32.2. The Morgan fingerprint density at radius 1 is 1.27 bits per heavy atom. The third-order valence-corrected chi connectivity index (χ3v) is 5.22. The van der Waals surface area contributed by atoms with E-state index < -0.39 is 10.0 Å². The standard InChI is InChI=1S/C15H22N2O4S/c18-10-4-9-16-15(19)12-5-3-8-14(11-12)22(20,21)17-13-6-1-2-7-13/h3,5,8,11,13,17-18H,1-2,4,6-7,9-10H2,(H,16,19). The second-order valence-corrected chi connectivity index (χ2v) is 7.18. The van der Waals surface area contributed by atoms with Crippen molar-refractivity contribution in [3.05, 3.63) is 29.8 Å². The first kappa shape index (κ1) is 16.9. The van der Waals surface area contributed by atoms with Crippen LogP contribution in [0.5, 0.6) is 0 Å². The number of carbonyl (C=O) groups excluding carboxylic acids is 1. The molecule has 22 heavy (non-hydrogen) atoms. The maximum Gasteiger partial charge on any atom is 0.251 e. The van der Waals surface area contributed by atoms with E-state index in [2.05, 4.69) is 10.0 Å². The number of carbonyl (C=O) groups is 1. The quantitative estimate of drug-likeness (QED) is 0.652. The van der Waals surface area contributed by atoms with Gasteiger partial charge in [-0.25, -0.2) is 13.1 Å². The Bertz CT molecular complexity index is 610. The molecule has 6 nitrogen and oxygen atoms in total. The van der Waals surface area contributed by atoms with Gasteiger partial charge in [0.1, 0.15) is 0 Å². The van der Waals surface area contributed by atoms with Crippen LogP contribution in [0.1, 0.15) is 42.5 Å². The van der Waals surface area contributed by atoms with Crippen molar-refractivity contribution in [2.75, 3.05) is 13.2 Å². The molecular weight excluding hydrogens is 304 g/mol. The summed E-state index contributed by atoms with van der Waals surface area (Å²) in [5.41, 5.74) is 0.298. The molecule has 1 amide bonds. The van der Waals surface area contributed by atoms with Gasteiger partial charge >= 0.3 is 0 Å². The number of benzene rings is 1. The van der Waals surface area contributed by atoms with E-state index in [1.807, 2.05) is 0 Å². The maximum absolute atomic E-state index is 12.3. The van der Waals surface area contributed by atoms with Gasteiger partial charge in [-0.3, -0.25) is 4.79 Å². The Morgan fingerprint density at radius 2 is 2.00 bits per heavy atom. The summed E-state index contributed by atoms with van der Waals surface area (Å²) in [5.74, 6) is -0.341. The van der Waals surface area contributed by atoms with Gasteiger partial charge in [0.05, 0.1) is 4.90 Å². The van der Waals surface area contributed by atoms with Crippen LogP contribution in [0.4, 0.5) is 0 Å². The monoisotopic (exact) mass is 326 g/mol. The summed E-state index contributed by atoms with van der Waals surface area (Å²) in [4.78, 5) is 12.0. The largest absolute Gasteiger partial charge is 0.396 e. The van der Waals surface area contributed by atoms with Crippen LogP contribution in [0.25, 0.3) is 0 Å². The summed E-state index contributed by atoms with van der Waals surface area (Å²) in [6, 6.07) is 5.99. The SMILES string of the molecule is O=C(NCCCO)c1cccc(S(=O)(=O)NC2CCCC2)c1. The normalized spacial score (nSPS) is 15.9. The van der Waals surface area contributed by atoms with E-state index in [0.29, 0.717) is 18.5 Å². The van der Waals surface area contributed by atoms with Gasteiger partial charge in [0, 0.05) is 24.8 Å². The highest BCUT2D eigenvalue weighted by Crippen LogP contribution is 2.20. The molecule has 1 aromatic rings. The molecule has 0 aromatic heterocycles. The molecule has 1 aliphatic carbocycles. The number of sulfonamides is 1. The van der Waals surface area contributed by atoms with Crippen LogP contribution >= 0.6 is 0 Å². The summed E-state index contributed by atoms with van der Waals surface area (Å²) >= 11 is 0. The topological polar surface area (TPSA) is 95.5 Å². The third-order valence-electron chi connectivity index (χ3n) is 3.70. The van der Waals surface area contributed by atoms with E-state index in [4.69, 9.17) is 5.11 Å². The van der Waals surface area contributed by atoms with E-state index in [1.54, 1.807) is 12.1 Å². The average molecular weight is 326 g/mol. The van der Waals surface area contributed by atoms with Gasteiger partial charge in [-0.1, -0.05) is 18.9 Å². The molecule has 1 aromatic carbocycles. The fourth-order valence-corrected chi connectivity index (χ4v) is 3.87. The molecule has 0 radical (unpaired) electrons. The average Bonchev–Trinajstić information content (AvgIpc) is 3.00. The summed E-state index contributed by atoms with van der Waals surface area (Å²) in [6.07, 6.45) is 4.27. The summed E-state index contributed by atoms with van der Waals surface area (Å²) in [7, 11) is -3.59.